The molecule has 1 amide bonds. The Kier molecular flexibility index (Phi) is 5.33. The minimum Gasteiger partial charge on any atom is -0.338 e. The highest BCUT2D eigenvalue weighted by atomic mass is 16.2. The van der Waals surface area contributed by atoms with Crippen LogP contribution in [0.3, 0.4) is 0 Å². The van der Waals surface area contributed by atoms with Gasteiger partial charge in [-0.2, -0.15) is 5.10 Å². The first kappa shape index (κ1) is 20.9. The molecule has 32 heavy (non-hydrogen) atoms. The average Bonchev–Trinajstić information content (AvgIpc) is 3.54. The fraction of sp³-hybridized carbons (Fsp3) is 0.500. The van der Waals surface area contributed by atoms with Crippen molar-refractivity contribution >= 4 is 5.91 Å². The van der Waals surface area contributed by atoms with E-state index in [1.165, 1.54) is 5.56 Å². The van der Waals surface area contributed by atoms with Gasteiger partial charge in [0, 0.05) is 82.1 Å². The lowest BCUT2D eigenvalue weighted by Crippen LogP contribution is -2.39. The minimum absolute atomic E-state index is 0.0885. The van der Waals surface area contributed by atoms with Crippen molar-refractivity contribution in [2.24, 2.45) is 12.5 Å². The molecule has 0 aromatic carbocycles. The summed E-state index contributed by atoms with van der Waals surface area (Å²) >= 11 is 0. The van der Waals surface area contributed by atoms with Gasteiger partial charge in [0.15, 0.2) is 0 Å². The van der Waals surface area contributed by atoms with Crippen LogP contribution in [0.1, 0.15) is 49.0 Å². The van der Waals surface area contributed by atoms with Gasteiger partial charge >= 0.3 is 0 Å². The SMILES string of the molecule is CC(C)n1cnc([C@@H]2CN(Cc3cnn(C)c3)C[C@@]23CCN(Cc2cccnc2)C3=O)c1. The Labute approximate surface area is 188 Å². The molecule has 0 N–H and O–H groups in total. The highest BCUT2D eigenvalue weighted by Gasteiger charge is 2.57. The van der Waals surface area contributed by atoms with Gasteiger partial charge in [0.1, 0.15) is 0 Å². The van der Waals surface area contributed by atoms with Crippen LogP contribution in [0.5, 0.6) is 0 Å². The number of rotatable bonds is 6. The Morgan fingerprint density at radius 1 is 1.19 bits per heavy atom. The number of aromatic nitrogens is 5. The van der Waals surface area contributed by atoms with Crippen LogP contribution in [-0.4, -0.2) is 59.7 Å². The number of likely N-dealkylation sites (tertiary alicyclic amines) is 2. The molecule has 0 saturated carbocycles. The summed E-state index contributed by atoms with van der Waals surface area (Å²) in [6.45, 7) is 8.08. The predicted octanol–water partition coefficient (Wildman–Crippen LogP) is 2.61. The highest BCUT2D eigenvalue weighted by molar-refractivity contribution is 5.86. The summed E-state index contributed by atoms with van der Waals surface area (Å²) < 4.78 is 3.97. The quantitative estimate of drug-likeness (QED) is 0.598. The third-order valence-electron chi connectivity index (χ3n) is 6.99. The number of nitrogens with zero attached hydrogens (tertiary/aromatic N) is 7. The van der Waals surface area contributed by atoms with Crippen molar-refractivity contribution in [1.29, 1.82) is 0 Å². The number of hydrogen-bond acceptors (Lipinski definition) is 5. The molecule has 0 unspecified atom stereocenters. The molecular formula is C24H31N7O. The summed E-state index contributed by atoms with van der Waals surface area (Å²) in [5, 5.41) is 4.31. The van der Waals surface area contributed by atoms with Gasteiger partial charge in [-0.25, -0.2) is 4.98 Å². The third-order valence-corrected chi connectivity index (χ3v) is 6.99. The summed E-state index contributed by atoms with van der Waals surface area (Å²) in [6, 6.07) is 4.32. The van der Waals surface area contributed by atoms with Crippen LogP contribution in [0.2, 0.25) is 0 Å². The van der Waals surface area contributed by atoms with Crippen LogP contribution in [0.4, 0.5) is 0 Å². The van der Waals surface area contributed by atoms with Crippen molar-refractivity contribution in [3.63, 3.8) is 0 Å². The summed E-state index contributed by atoms with van der Waals surface area (Å²) in [6.07, 6.45) is 12.5. The van der Waals surface area contributed by atoms with E-state index in [0.29, 0.717) is 12.6 Å². The molecule has 3 aromatic heterocycles. The lowest BCUT2D eigenvalue weighted by atomic mass is 9.75. The number of carbonyl (C=O) groups excluding carboxylic acids is 1. The fourth-order valence-corrected chi connectivity index (χ4v) is 5.32. The monoisotopic (exact) mass is 433 g/mol. The Morgan fingerprint density at radius 3 is 2.75 bits per heavy atom. The number of hydrogen-bond donors (Lipinski definition) is 0. The summed E-state index contributed by atoms with van der Waals surface area (Å²) in [5.74, 6) is 0.338. The fourth-order valence-electron chi connectivity index (χ4n) is 5.32. The maximum atomic E-state index is 13.9. The molecule has 2 saturated heterocycles. The van der Waals surface area contributed by atoms with E-state index in [0.717, 1.165) is 43.9 Å². The molecule has 1 spiro atoms. The number of imidazole rings is 1. The van der Waals surface area contributed by atoms with Crippen molar-refractivity contribution in [3.05, 3.63) is 66.3 Å². The van der Waals surface area contributed by atoms with Gasteiger partial charge in [0.2, 0.25) is 5.91 Å². The van der Waals surface area contributed by atoms with Crippen LogP contribution in [-0.2, 0) is 24.9 Å². The van der Waals surface area contributed by atoms with Crippen molar-refractivity contribution in [3.8, 4) is 0 Å². The molecule has 2 atom stereocenters. The number of amides is 1. The van der Waals surface area contributed by atoms with Crippen LogP contribution in [0.15, 0.2) is 49.4 Å². The van der Waals surface area contributed by atoms with Gasteiger partial charge in [-0.15, -0.1) is 0 Å². The zero-order valence-electron chi connectivity index (χ0n) is 19.1. The molecule has 3 aromatic rings. The van der Waals surface area contributed by atoms with E-state index in [-0.39, 0.29) is 11.8 Å². The number of pyridine rings is 1. The minimum atomic E-state index is -0.430. The van der Waals surface area contributed by atoms with Gasteiger partial charge in [0.25, 0.3) is 0 Å². The second kappa shape index (κ2) is 8.16. The zero-order valence-corrected chi connectivity index (χ0v) is 19.1. The molecule has 168 valence electrons. The van der Waals surface area contributed by atoms with Crippen molar-refractivity contribution in [2.45, 2.75) is 45.3 Å². The summed E-state index contributed by atoms with van der Waals surface area (Å²) in [7, 11) is 1.94. The summed E-state index contributed by atoms with van der Waals surface area (Å²) in [5.41, 5.74) is 2.85. The van der Waals surface area contributed by atoms with E-state index in [1.807, 2.05) is 47.5 Å². The zero-order chi connectivity index (χ0) is 22.3. The molecule has 0 aliphatic carbocycles. The van der Waals surface area contributed by atoms with Crippen LogP contribution in [0.25, 0.3) is 0 Å². The lowest BCUT2D eigenvalue weighted by molar-refractivity contribution is -0.136. The second-order valence-corrected chi connectivity index (χ2v) is 9.58. The topological polar surface area (TPSA) is 72.1 Å². The molecule has 8 heteroatoms. The van der Waals surface area contributed by atoms with Crippen LogP contribution < -0.4 is 0 Å². The molecule has 2 aliphatic heterocycles. The molecular weight excluding hydrogens is 402 g/mol. The van der Waals surface area contributed by atoms with Gasteiger partial charge in [0.05, 0.1) is 23.6 Å². The van der Waals surface area contributed by atoms with Crippen LogP contribution in [0, 0.1) is 5.41 Å². The Hall–Kier alpha value is -3.00. The maximum Gasteiger partial charge on any atom is 0.231 e. The Morgan fingerprint density at radius 2 is 2.06 bits per heavy atom. The average molecular weight is 434 g/mol. The lowest BCUT2D eigenvalue weighted by Gasteiger charge is -2.28. The molecule has 5 heterocycles. The molecule has 5 rings (SSSR count). The van der Waals surface area contributed by atoms with Gasteiger partial charge in [-0.05, 0) is 31.9 Å². The maximum absolute atomic E-state index is 13.9. The van der Waals surface area contributed by atoms with Crippen molar-refractivity contribution in [2.75, 3.05) is 19.6 Å². The van der Waals surface area contributed by atoms with E-state index >= 15 is 0 Å². The normalized spacial score (nSPS) is 23.8. The second-order valence-electron chi connectivity index (χ2n) is 9.58. The third kappa shape index (κ3) is 3.72. The Bertz CT molecular complexity index is 1090. The Balaban J connectivity index is 1.43. The number of carbonyl (C=O) groups is 1. The molecule has 2 aliphatic rings. The first-order valence-corrected chi connectivity index (χ1v) is 11.4. The smallest absolute Gasteiger partial charge is 0.231 e. The van der Waals surface area contributed by atoms with E-state index in [9.17, 15) is 4.79 Å². The first-order valence-electron chi connectivity index (χ1n) is 11.4. The molecule has 0 bridgehead atoms. The van der Waals surface area contributed by atoms with E-state index in [2.05, 4.69) is 45.8 Å². The van der Waals surface area contributed by atoms with Gasteiger partial charge in [-0.1, -0.05) is 6.07 Å². The highest BCUT2D eigenvalue weighted by Crippen LogP contribution is 2.50. The molecule has 8 nitrogen and oxygen atoms in total. The van der Waals surface area contributed by atoms with Gasteiger partial charge in [-0.3, -0.25) is 19.4 Å². The standard InChI is InChI=1S/C24H31N7O/c1-18(2)31-15-22(26-17-31)21-14-29(12-20-10-27-28(3)11-20)16-24(21)6-8-30(23(24)32)13-19-5-4-7-25-9-19/h4-5,7,9-11,15,17-18,21H,6,8,12-14,16H2,1-3H3/t21-,24-/m0/s1. The van der Waals surface area contributed by atoms with E-state index < -0.39 is 5.41 Å². The number of aryl methyl sites for hydroxylation is 1. The summed E-state index contributed by atoms with van der Waals surface area (Å²) in [4.78, 5) is 27.3. The van der Waals surface area contributed by atoms with E-state index in [1.54, 1.807) is 6.20 Å². The van der Waals surface area contributed by atoms with Gasteiger partial charge < -0.3 is 9.47 Å². The predicted molar refractivity (Wildman–Crippen MR) is 121 cm³/mol. The largest absolute Gasteiger partial charge is 0.338 e. The van der Waals surface area contributed by atoms with E-state index in [4.69, 9.17) is 4.98 Å². The van der Waals surface area contributed by atoms with Crippen LogP contribution >= 0.6 is 0 Å². The van der Waals surface area contributed by atoms with Crippen molar-refractivity contribution < 1.29 is 4.79 Å². The first-order chi connectivity index (χ1) is 15.4. The molecule has 0 radical (unpaired) electrons. The molecule has 2 fully saturated rings. The van der Waals surface area contributed by atoms with Crippen molar-refractivity contribution in [1.82, 2.24) is 34.1 Å².